The summed E-state index contributed by atoms with van der Waals surface area (Å²) in [7, 11) is 0. The van der Waals surface area contributed by atoms with E-state index < -0.39 is 11.9 Å². The van der Waals surface area contributed by atoms with Crippen molar-refractivity contribution in [2.45, 2.75) is 0 Å². The van der Waals surface area contributed by atoms with Crippen molar-refractivity contribution in [1.29, 1.82) is 0 Å². The third kappa shape index (κ3) is 8.10. The van der Waals surface area contributed by atoms with Gasteiger partial charge in [0.2, 0.25) is 11.4 Å². The van der Waals surface area contributed by atoms with Crippen LogP contribution in [0.4, 0.5) is 0 Å². The number of hydrogen-bond donors (Lipinski definition) is 2. The lowest BCUT2D eigenvalue weighted by atomic mass is 10.1. The van der Waals surface area contributed by atoms with Crippen LogP contribution in [-0.2, 0) is 0 Å². The summed E-state index contributed by atoms with van der Waals surface area (Å²) in [5, 5.41) is 18.0. The van der Waals surface area contributed by atoms with Gasteiger partial charge in [0, 0.05) is 48.5 Å². The second-order valence-corrected chi connectivity index (χ2v) is 6.69. The Morgan fingerprint density at radius 1 is 0.472 bits per heavy atom. The Kier molecular flexibility index (Phi) is 16.2. The van der Waals surface area contributed by atoms with E-state index in [4.69, 9.17) is 10.2 Å². The lowest BCUT2D eigenvalue weighted by molar-refractivity contribution is -0.596. The summed E-state index contributed by atoms with van der Waals surface area (Å²) in [6.07, 6.45) is 7.71. The highest BCUT2D eigenvalue weighted by Gasteiger charge is 2.11. The molecular weight excluding hydrogens is 515 g/mol. The van der Waals surface area contributed by atoms with Crippen LogP contribution >= 0.6 is 0 Å². The third-order valence-corrected chi connectivity index (χ3v) is 4.82. The summed E-state index contributed by atoms with van der Waals surface area (Å²) in [4.78, 5) is 21.9. The zero-order valence-corrected chi connectivity index (χ0v) is 20.1. The Labute approximate surface area is 218 Å². The van der Waals surface area contributed by atoms with Crippen LogP contribution in [0.15, 0.2) is 97.6 Å². The van der Waals surface area contributed by atoms with Crippen molar-refractivity contribution in [3.63, 3.8) is 0 Å². The van der Waals surface area contributed by atoms with E-state index in [1.54, 1.807) is 48.5 Å². The standard InChI is InChI=1S/C24H16N2O4.2ClH.4H2O/c27-23(28)19-1-5-21(6-2-19)25-13-9-17(10-14-25)18-11-15-26(16-12-18)22-7-3-20(4-8-22)24(29)30;;;;;;/h1-16H;2*1H;4*1H2. The van der Waals surface area contributed by atoms with E-state index >= 15 is 0 Å². The van der Waals surface area contributed by atoms with Crippen LogP contribution in [-0.4, -0.2) is 44.1 Å². The van der Waals surface area contributed by atoms with Crippen molar-refractivity contribution in [2.75, 3.05) is 0 Å². The number of pyridine rings is 2. The first-order valence-electron chi connectivity index (χ1n) is 9.22. The average molecular weight is 541 g/mol. The first kappa shape index (κ1) is 36.7. The van der Waals surface area contributed by atoms with Crippen LogP contribution in [0.25, 0.3) is 22.5 Å². The molecule has 12 heteroatoms. The number of halogens is 2. The van der Waals surface area contributed by atoms with Crippen LogP contribution < -0.4 is 33.9 Å². The highest BCUT2D eigenvalue weighted by molar-refractivity contribution is 5.88. The van der Waals surface area contributed by atoms with Crippen LogP contribution in [0.1, 0.15) is 20.7 Å². The molecule has 2 aromatic carbocycles. The molecule has 0 saturated carbocycles. The molecule has 0 radical (unpaired) electrons. The van der Waals surface area contributed by atoms with Gasteiger partial charge >= 0.3 is 11.9 Å². The van der Waals surface area contributed by atoms with Crippen LogP contribution in [0.2, 0.25) is 0 Å². The lowest BCUT2D eigenvalue weighted by Crippen LogP contribution is -3.00. The van der Waals surface area contributed by atoms with E-state index in [9.17, 15) is 9.59 Å². The molecule has 0 amide bonds. The van der Waals surface area contributed by atoms with E-state index in [1.165, 1.54) is 0 Å². The average Bonchev–Trinajstić information content (AvgIpc) is 2.79. The van der Waals surface area contributed by atoms with Gasteiger partial charge in [0.1, 0.15) is 0 Å². The molecule has 0 fully saturated rings. The number of carbonyl (C=O) groups is 2. The molecule has 4 rings (SSSR count). The third-order valence-electron chi connectivity index (χ3n) is 4.82. The highest BCUT2D eigenvalue weighted by Crippen LogP contribution is 2.17. The monoisotopic (exact) mass is 540 g/mol. The van der Waals surface area contributed by atoms with Gasteiger partial charge in [-0.1, -0.05) is 0 Å². The molecule has 10 nitrogen and oxygen atoms in total. The van der Waals surface area contributed by atoms with Gasteiger partial charge in [-0.15, -0.1) is 0 Å². The summed E-state index contributed by atoms with van der Waals surface area (Å²) >= 11 is 0. The van der Waals surface area contributed by atoms with Gasteiger partial charge in [-0.05, 0) is 35.4 Å². The Morgan fingerprint density at radius 2 is 0.722 bits per heavy atom. The minimum atomic E-state index is -0.943. The molecular formula is C24H26Cl2N2O8. The molecule has 0 saturated heterocycles. The maximum absolute atomic E-state index is 11.0. The Bertz CT molecular complexity index is 1120. The molecule has 0 aliphatic rings. The van der Waals surface area contributed by atoms with Crippen LogP contribution in [0, 0.1) is 0 Å². The maximum atomic E-state index is 11.0. The predicted molar refractivity (Wildman–Crippen MR) is 123 cm³/mol. The minimum Gasteiger partial charge on any atom is -1.00 e. The number of rotatable bonds is 5. The SMILES string of the molecule is O.O.O.O.O=C(O)c1ccc(-[n+]2ccc(-c3cc[n+](-c4ccc(C(=O)O)cc4)cc3)cc2)cc1.[Cl-].[Cl-]. The fourth-order valence-electron chi connectivity index (χ4n) is 3.13. The number of aromatic carboxylic acids is 2. The number of hydrogen-bond acceptors (Lipinski definition) is 2. The topological polar surface area (TPSA) is 208 Å². The molecule has 0 spiro atoms. The molecule has 0 aliphatic heterocycles. The summed E-state index contributed by atoms with van der Waals surface area (Å²) in [6, 6.07) is 21.4. The Hall–Kier alpha value is -3.90. The van der Waals surface area contributed by atoms with E-state index in [2.05, 4.69) is 0 Å². The van der Waals surface area contributed by atoms with Crippen molar-refractivity contribution < 1.29 is 75.7 Å². The highest BCUT2D eigenvalue weighted by atomic mass is 35.5. The van der Waals surface area contributed by atoms with Gasteiger partial charge < -0.3 is 56.9 Å². The van der Waals surface area contributed by atoms with Crippen LogP contribution in [0.5, 0.6) is 0 Å². The molecule has 2 aromatic heterocycles. The fraction of sp³-hybridized carbons (Fsp3) is 0. The number of carboxylic acid groups (broad SMARTS) is 2. The minimum absolute atomic E-state index is 0. The molecule has 10 N–H and O–H groups in total. The van der Waals surface area contributed by atoms with Crippen molar-refractivity contribution in [2.24, 2.45) is 0 Å². The van der Waals surface area contributed by atoms with Crippen molar-refractivity contribution in [3.05, 3.63) is 109 Å². The molecule has 0 bridgehead atoms. The zero-order valence-electron chi connectivity index (χ0n) is 18.6. The second kappa shape index (κ2) is 15.9. The number of aromatic nitrogens is 2. The Balaban J connectivity index is -0.00000181. The zero-order chi connectivity index (χ0) is 21.1. The summed E-state index contributed by atoms with van der Waals surface area (Å²) in [5.74, 6) is -1.89. The molecule has 194 valence electrons. The van der Waals surface area contributed by atoms with Crippen molar-refractivity contribution in [3.8, 4) is 22.5 Å². The van der Waals surface area contributed by atoms with E-state index in [-0.39, 0.29) is 57.8 Å². The normalized spacial score (nSPS) is 8.78. The first-order valence-corrected chi connectivity index (χ1v) is 9.22. The van der Waals surface area contributed by atoms with Crippen molar-refractivity contribution in [1.82, 2.24) is 0 Å². The predicted octanol–water partition coefficient (Wildman–Crippen LogP) is -5.99. The molecule has 36 heavy (non-hydrogen) atoms. The van der Waals surface area contributed by atoms with Gasteiger partial charge in [0.25, 0.3) is 0 Å². The molecule has 2 heterocycles. The van der Waals surface area contributed by atoms with Crippen LogP contribution in [0.3, 0.4) is 0 Å². The maximum Gasteiger partial charge on any atom is 0.335 e. The Morgan fingerprint density at radius 3 is 0.944 bits per heavy atom. The summed E-state index contributed by atoms with van der Waals surface area (Å²) < 4.78 is 3.84. The smallest absolute Gasteiger partial charge is 0.335 e. The van der Waals surface area contributed by atoms with E-state index in [0.29, 0.717) is 0 Å². The fourth-order valence-corrected chi connectivity index (χ4v) is 3.13. The number of nitrogens with zero attached hydrogens (tertiary/aromatic N) is 2. The van der Waals surface area contributed by atoms with Gasteiger partial charge in [-0.2, -0.15) is 9.13 Å². The molecule has 0 unspecified atom stereocenters. The summed E-state index contributed by atoms with van der Waals surface area (Å²) in [5.41, 5.74) is 4.35. The van der Waals surface area contributed by atoms with E-state index in [0.717, 1.165) is 22.5 Å². The number of benzene rings is 2. The number of carboxylic acids is 2. The van der Waals surface area contributed by atoms with Gasteiger partial charge in [-0.25, -0.2) is 9.59 Å². The van der Waals surface area contributed by atoms with Gasteiger partial charge in [0.15, 0.2) is 24.8 Å². The quantitative estimate of drug-likeness (QED) is 0.236. The molecule has 4 aromatic rings. The summed E-state index contributed by atoms with van der Waals surface area (Å²) in [6.45, 7) is 0. The van der Waals surface area contributed by atoms with Crippen molar-refractivity contribution >= 4 is 11.9 Å². The van der Waals surface area contributed by atoms with Gasteiger partial charge in [-0.3, -0.25) is 0 Å². The molecule has 0 aliphatic carbocycles. The molecule has 0 atom stereocenters. The largest absolute Gasteiger partial charge is 1.00 e. The van der Waals surface area contributed by atoms with Gasteiger partial charge in [0.05, 0.1) is 11.1 Å². The van der Waals surface area contributed by atoms with E-state index in [1.807, 2.05) is 58.2 Å². The second-order valence-electron chi connectivity index (χ2n) is 6.69. The lowest BCUT2D eigenvalue weighted by Gasteiger charge is -2.02. The first-order chi connectivity index (χ1) is 14.5.